The van der Waals surface area contributed by atoms with Crippen LogP contribution in [0.5, 0.6) is 0 Å². The molecule has 3 N–H and O–H groups in total. The molecule has 5 aliphatic heterocycles. The standard InChI is InChI=1S/C20H29NO3.C20H27NO3.C20H25NO3.C20H29NO2/c1-18-7-6-14-12(13(18)3-4-15(18)22)5-8-20-17(23-20)16-11(10-21-24-16)9-19(14,20)2;2*1-18-8-7-13-11(12(18)4-5-15(18)22)6-9-20-17(24-20)16(23)14(21-3)10-19(13,20)2;1-19-8-7-16-14(15(19)5-6-18(19)22)4-3-13-9-17-12(11-21-23-17)10-20(13,16)2/h10-17,22H,3-9H2,1-2H3;11-15,17,22H,4-10H2,1-2H3;11-14,17H,4-10H2,1-2H3;3-4,11-18,22H,5-10H2,1-2H3/t11?,12?,13?,14?,15-,16?,17+,18-,19+,20+;11?,12?,13?,14-,15+,17-,18+,19-,20-;11?,12?,13?,14-,17-,18+,19-,20-;12?,13?,14?,15?,16?,17?,18-,19-,20-/m0110/s1. The smallest absolute Gasteiger partial charge is 0.284 e. The van der Waals surface area contributed by atoms with Crippen molar-refractivity contribution in [3.63, 3.8) is 0 Å². The molecule has 3 spiro atoms. The summed E-state index contributed by atoms with van der Waals surface area (Å²) in [5.74, 6) is 9.81. The van der Waals surface area contributed by atoms with E-state index in [1.165, 1.54) is 64.2 Å². The third-order valence-corrected chi connectivity index (χ3v) is 36.1. The van der Waals surface area contributed by atoms with Gasteiger partial charge >= 0.3 is 0 Å². The van der Waals surface area contributed by atoms with Crippen LogP contribution in [-0.2, 0) is 38.3 Å². The highest BCUT2D eigenvalue weighted by molar-refractivity contribution is 5.95. The van der Waals surface area contributed by atoms with Crippen LogP contribution < -0.4 is 0 Å². The Morgan fingerprint density at radius 3 is 1.51 bits per heavy atom. The van der Waals surface area contributed by atoms with Crippen LogP contribution >= 0.6 is 0 Å². The molecule has 16 aliphatic carbocycles. The van der Waals surface area contributed by atoms with E-state index in [-0.39, 0.29) is 109 Å². The van der Waals surface area contributed by atoms with Gasteiger partial charge < -0.3 is 48.9 Å². The van der Waals surface area contributed by atoms with E-state index in [0.29, 0.717) is 101 Å². The van der Waals surface area contributed by atoms with Gasteiger partial charge in [-0.1, -0.05) is 77.9 Å². The number of carbonyl (C=O) groups is 3. The highest BCUT2D eigenvalue weighted by atomic mass is 16.7. The fraction of sp³-hybridized carbons (Fsp3) is 0.887. The van der Waals surface area contributed by atoms with Gasteiger partial charge in [0.15, 0.2) is 18.3 Å². The summed E-state index contributed by atoms with van der Waals surface area (Å²) >= 11 is 0. The average molecular weight is 1300 g/mol. The van der Waals surface area contributed by atoms with E-state index in [1.807, 2.05) is 6.21 Å². The van der Waals surface area contributed by atoms with Crippen molar-refractivity contribution in [3.8, 4) is 0 Å². The molecule has 0 aromatic carbocycles. The number of hydrogen-bond acceptors (Lipinski definition) is 13. The number of ketones is 3. The lowest BCUT2D eigenvalue weighted by Crippen LogP contribution is -2.60. The van der Waals surface area contributed by atoms with Gasteiger partial charge in [0.2, 0.25) is 11.6 Å². The van der Waals surface area contributed by atoms with Gasteiger partial charge in [-0.3, -0.25) is 14.4 Å². The zero-order chi connectivity index (χ0) is 66.0. The molecule has 3 saturated heterocycles. The summed E-state index contributed by atoms with van der Waals surface area (Å²) < 4.78 is 18.6. The summed E-state index contributed by atoms with van der Waals surface area (Å²) in [5.41, 5.74) is 0.324. The first-order valence-electron chi connectivity index (χ1n) is 38.7. The van der Waals surface area contributed by atoms with Crippen molar-refractivity contribution in [3.05, 3.63) is 35.0 Å². The van der Waals surface area contributed by atoms with E-state index in [4.69, 9.17) is 37.0 Å². The van der Waals surface area contributed by atoms with E-state index < -0.39 is 12.1 Å². The Labute approximate surface area is 564 Å². The number of aliphatic hydroxyl groups excluding tert-OH is 3. The Morgan fingerprint density at radius 2 is 0.937 bits per heavy atom. The molecular weight excluding hydrogens is 1190 g/mol. The molecule has 0 aromatic rings. The van der Waals surface area contributed by atoms with E-state index >= 15 is 0 Å². The molecule has 21 rings (SSSR count). The van der Waals surface area contributed by atoms with Crippen molar-refractivity contribution in [2.45, 2.75) is 306 Å². The van der Waals surface area contributed by atoms with Crippen LogP contribution in [0.4, 0.5) is 0 Å². The zero-order valence-corrected chi connectivity index (χ0v) is 58.2. The number of ether oxygens (including phenoxy) is 3. The zero-order valence-electron chi connectivity index (χ0n) is 58.2. The number of aliphatic hydroxyl groups is 3. The van der Waals surface area contributed by atoms with E-state index in [2.05, 4.69) is 93.8 Å². The van der Waals surface area contributed by atoms with Crippen molar-refractivity contribution >= 4 is 29.8 Å². The van der Waals surface area contributed by atoms with Crippen LogP contribution in [0.25, 0.3) is 9.69 Å². The summed E-state index contributed by atoms with van der Waals surface area (Å²) in [4.78, 5) is 55.9. The van der Waals surface area contributed by atoms with E-state index in [0.717, 1.165) is 114 Å². The summed E-state index contributed by atoms with van der Waals surface area (Å²) in [6.45, 7) is 33.7. The van der Waals surface area contributed by atoms with Gasteiger partial charge in [-0.05, 0) is 253 Å². The highest BCUT2D eigenvalue weighted by Crippen LogP contribution is 2.77. The normalized spacial score (nSPS) is 61.2. The monoisotopic (exact) mass is 1300 g/mol. The lowest BCUT2D eigenvalue weighted by Gasteiger charge is -2.59. The molecule has 516 valence electrons. The molecule has 0 aromatic heterocycles. The van der Waals surface area contributed by atoms with Crippen molar-refractivity contribution in [1.82, 2.24) is 0 Å². The molecule has 18 fully saturated rings. The summed E-state index contributed by atoms with van der Waals surface area (Å²) in [5, 5.41) is 39.9. The molecule has 0 bridgehead atoms. The van der Waals surface area contributed by atoms with Crippen LogP contribution in [-0.4, -0.2) is 123 Å². The Morgan fingerprint density at radius 1 is 0.463 bits per heavy atom. The molecule has 36 atom stereocenters. The van der Waals surface area contributed by atoms with Crippen LogP contribution in [0.15, 0.2) is 22.5 Å². The molecule has 15 heteroatoms. The van der Waals surface area contributed by atoms with Crippen LogP contribution in [0.2, 0.25) is 0 Å². The topological polar surface area (TPSA) is 201 Å². The van der Waals surface area contributed by atoms with Crippen LogP contribution in [0.3, 0.4) is 0 Å². The fourth-order valence-corrected chi connectivity index (χ4v) is 30.4. The SMILES string of the molecule is C[C@]12CC3C=NOC3CC1C=CC1C2CC[C@@]2(C)C1CC[C@@H]2O.C[C@]12CCC3C(CC[C@@]45O[C@@H]4C4ON=CC4C[C@]35C)C1CC[C@@H]2O.[C-]#[N+][C@@H]1C[C@]2(C)C3CC[C@@]4(C)C(CC[C@@H]4O)C3CC[C@]23O[C@@H]3C1=O.[C-]#[N+][C@@H]1C[C@]2(C)C3CC[C@]4(C)C(=O)CCC4C3CC[C@]23O[C@@H]3C1=O. The van der Waals surface area contributed by atoms with E-state index in [9.17, 15) is 29.7 Å². The van der Waals surface area contributed by atoms with Gasteiger partial charge in [0.05, 0.1) is 30.7 Å². The molecule has 17 unspecified atom stereocenters. The fourth-order valence-electron chi connectivity index (χ4n) is 30.4. The summed E-state index contributed by atoms with van der Waals surface area (Å²) in [6, 6.07) is -1.02. The predicted octanol–water partition coefficient (Wildman–Crippen LogP) is 13.1. The maximum atomic E-state index is 12.5. The number of epoxide rings is 3. The summed E-state index contributed by atoms with van der Waals surface area (Å²) in [7, 11) is 0. The second-order valence-electron chi connectivity index (χ2n) is 38.5. The molecule has 0 radical (unpaired) electrons. The second-order valence-corrected chi connectivity index (χ2v) is 38.5. The first-order chi connectivity index (χ1) is 45.3. The van der Waals surface area contributed by atoms with Gasteiger partial charge in [0.1, 0.15) is 34.8 Å². The molecule has 0 amide bonds. The largest absolute Gasteiger partial charge is 0.393 e. The average Bonchev–Trinajstić information content (AvgIpc) is 1.51. The first kappa shape index (κ1) is 63.6. The minimum Gasteiger partial charge on any atom is -0.393 e. The number of hydrogen-bond donors (Lipinski definition) is 3. The van der Waals surface area contributed by atoms with Crippen molar-refractivity contribution in [2.75, 3.05) is 0 Å². The Bertz CT molecular complexity index is 3420. The van der Waals surface area contributed by atoms with Gasteiger partial charge in [0, 0.05) is 52.8 Å². The Hall–Kier alpha value is -3.57. The molecule has 21 aliphatic rings. The van der Waals surface area contributed by atoms with Crippen molar-refractivity contribution < 1.29 is 53.6 Å². The van der Waals surface area contributed by atoms with Gasteiger partial charge in [-0.25, -0.2) is 13.1 Å². The van der Waals surface area contributed by atoms with Crippen molar-refractivity contribution in [2.24, 2.45) is 142 Å². The molecule has 5 heterocycles. The third-order valence-electron chi connectivity index (χ3n) is 36.1. The first-order valence-corrected chi connectivity index (χ1v) is 38.7. The minimum atomic E-state index is -0.520. The van der Waals surface area contributed by atoms with Crippen LogP contribution in [0.1, 0.15) is 229 Å². The third kappa shape index (κ3) is 8.10. The quantitative estimate of drug-likeness (QED) is 0.118. The highest BCUT2D eigenvalue weighted by Gasteiger charge is 2.83. The molecular formula is C80H110N4O11. The number of rotatable bonds is 0. The summed E-state index contributed by atoms with van der Waals surface area (Å²) in [6.07, 6.45) is 37.9. The number of allylic oxidation sites excluding steroid dienone is 2. The van der Waals surface area contributed by atoms with Gasteiger partial charge in [-0.2, -0.15) is 0 Å². The van der Waals surface area contributed by atoms with Crippen molar-refractivity contribution in [1.29, 1.82) is 0 Å². The van der Waals surface area contributed by atoms with Crippen LogP contribution in [0, 0.1) is 145 Å². The Balaban J connectivity index is 0.0000000927. The molecule has 95 heavy (non-hydrogen) atoms. The second kappa shape index (κ2) is 20.8. The van der Waals surface area contributed by atoms with E-state index in [1.54, 1.807) is 0 Å². The predicted molar refractivity (Wildman–Crippen MR) is 354 cm³/mol. The molecule has 15 saturated carbocycles. The number of carbonyl (C=O) groups excluding carboxylic acids is 3. The molecule has 15 nitrogen and oxygen atoms in total. The lowest BCUT2D eigenvalue weighted by molar-refractivity contribution is -0.140. The van der Waals surface area contributed by atoms with Gasteiger partial charge in [-0.15, -0.1) is 0 Å². The number of Topliss-reactive ketones (excluding diaryl/α,β-unsaturated/α-hetero) is 3. The number of nitrogens with zero attached hydrogens (tertiary/aromatic N) is 4. The Kier molecular flexibility index (Phi) is 13.9. The number of oxime groups is 2. The minimum absolute atomic E-state index is 0.0256. The van der Waals surface area contributed by atoms with Gasteiger partial charge in [0.25, 0.3) is 12.1 Å². The number of fused-ring (bicyclic) bond motifs is 20. The maximum absolute atomic E-state index is 12.5. The maximum Gasteiger partial charge on any atom is 0.284 e. The lowest BCUT2D eigenvalue weighted by atomic mass is 9.44.